The normalized spacial score (nSPS) is 14.5. The van der Waals surface area contributed by atoms with E-state index < -0.39 is 97.5 Å². The Morgan fingerprint density at radius 1 is 0.269 bits per heavy atom. The van der Waals surface area contributed by atoms with Crippen molar-refractivity contribution in [3.8, 4) is 0 Å². The predicted octanol–water partition coefficient (Wildman–Crippen LogP) is 25.6. The van der Waals surface area contributed by atoms with Crippen LogP contribution in [0.4, 0.5) is 0 Å². The maximum atomic E-state index is 13.1. The van der Waals surface area contributed by atoms with Crippen molar-refractivity contribution >= 4 is 39.5 Å². The van der Waals surface area contributed by atoms with Crippen molar-refractivity contribution in [3.05, 3.63) is 0 Å². The van der Waals surface area contributed by atoms with E-state index in [-0.39, 0.29) is 25.7 Å². The minimum atomic E-state index is -4.97. The van der Waals surface area contributed by atoms with Gasteiger partial charge in [0.2, 0.25) is 0 Å². The first-order chi connectivity index (χ1) is 50.2. The summed E-state index contributed by atoms with van der Waals surface area (Å²) in [6.45, 7) is 14.3. The van der Waals surface area contributed by atoms with Crippen LogP contribution in [-0.4, -0.2) is 96.7 Å². The topological polar surface area (TPSA) is 237 Å². The van der Waals surface area contributed by atoms with Gasteiger partial charge in [-0.2, -0.15) is 0 Å². The van der Waals surface area contributed by atoms with E-state index >= 15 is 0 Å². The van der Waals surface area contributed by atoms with Crippen LogP contribution in [0.1, 0.15) is 441 Å². The van der Waals surface area contributed by atoms with Crippen LogP contribution in [0, 0.1) is 23.7 Å². The highest BCUT2D eigenvalue weighted by Crippen LogP contribution is 2.45. The molecule has 0 fully saturated rings. The molecule has 0 aromatic heterocycles. The Kier molecular flexibility index (Phi) is 72.5. The van der Waals surface area contributed by atoms with Crippen molar-refractivity contribution < 1.29 is 80.2 Å². The van der Waals surface area contributed by atoms with Gasteiger partial charge in [-0.25, -0.2) is 9.13 Å². The van der Waals surface area contributed by atoms with Crippen LogP contribution in [0.5, 0.6) is 0 Å². The number of aliphatic hydroxyl groups is 1. The number of hydrogen-bond acceptors (Lipinski definition) is 15. The summed E-state index contributed by atoms with van der Waals surface area (Å²) in [6, 6.07) is 0. The highest BCUT2D eigenvalue weighted by atomic mass is 31.2. The average molecular weight is 1520 g/mol. The summed E-state index contributed by atoms with van der Waals surface area (Å²) in [7, 11) is -9.93. The quantitative estimate of drug-likeness (QED) is 0.0222. The summed E-state index contributed by atoms with van der Waals surface area (Å²) in [5, 5.41) is 10.7. The highest BCUT2D eigenvalue weighted by molar-refractivity contribution is 7.47. The Morgan fingerprint density at radius 2 is 0.462 bits per heavy atom. The minimum absolute atomic E-state index is 0.106. The second kappa shape index (κ2) is 73.8. The summed E-state index contributed by atoms with van der Waals surface area (Å²) in [4.78, 5) is 73.2. The molecule has 0 spiro atoms. The second-order valence-corrected chi connectivity index (χ2v) is 34.9. The van der Waals surface area contributed by atoms with Gasteiger partial charge in [-0.1, -0.05) is 389 Å². The van der Waals surface area contributed by atoms with Gasteiger partial charge in [0.1, 0.15) is 19.3 Å². The molecule has 0 saturated carbocycles. The van der Waals surface area contributed by atoms with E-state index in [9.17, 15) is 43.2 Å². The van der Waals surface area contributed by atoms with E-state index in [1.54, 1.807) is 0 Å². The monoisotopic (exact) mass is 1520 g/mol. The van der Waals surface area contributed by atoms with Crippen molar-refractivity contribution in [1.82, 2.24) is 0 Å². The van der Waals surface area contributed by atoms with E-state index in [1.807, 2.05) is 0 Å². The van der Waals surface area contributed by atoms with Gasteiger partial charge < -0.3 is 33.8 Å². The van der Waals surface area contributed by atoms with Crippen LogP contribution >= 0.6 is 15.6 Å². The molecule has 618 valence electrons. The Balaban J connectivity index is 5.23. The fourth-order valence-electron chi connectivity index (χ4n) is 13.1. The number of phosphoric acid groups is 2. The molecule has 0 saturated heterocycles. The molecule has 0 heterocycles. The zero-order chi connectivity index (χ0) is 76.7. The molecule has 0 rings (SSSR count). The van der Waals surface area contributed by atoms with Crippen LogP contribution in [0.3, 0.4) is 0 Å². The van der Waals surface area contributed by atoms with Crippen LogP contribution < -0.4 is 0 Å². The minimum Gasteiger partial charge on any atom is -0.462 e. The van der Waals surface area contributed by atoms with E-state index in [4.69, 9.17) is 37.0 Å². The Bertz CT molecular complexity index is 2030. The van der Waals surface area contributed by atoms with Crippen molar-refractivity contribution in [2.24, 2.45) is 23.7 Å². The van der Waals surface area contributed by atoms with Crippen LogP contribution in [-0.2, 0) is 65.4 Å². The van der Waals surface area contributed by atoms with E-state index in [2.05, 4.69) is 55.4 Å². The van der Waals surface area contributed by atoms with Crippen molar-refractivity contribution in [2.75, 3.05) is 39.6 Å². The molecular weight excluding hydrogens is 1350 g/mol. The van der Waals surface area contributed by atoms with Crippen molar-refractivity contribution in [3.63, 3.8) is 0 Å². The van der Waals surface area contributed by atoms with E-state index in [1.165, 1.54) is 238 Å². The summed E-state index contributed by atoms with van der Waals surface area (Å²) in [5.41, 5.74) is 0. The van der Waals surface area contributed by atoms with E-state index in [0.29, 0.717) is 25.7 Å². The predicted molar refractivity (Wildman–Crippen MR) is 428 cm³/mol. The first kappa shape index (κ1) is 102. The third-order valence-electron chi connectivity index (χ3n) is 20.5. The smallest absolute Gasteiger partial charge is 0.462 e. The maximum Gasteiger partial charge on any atom is 0.472 e. The van der Waals surface area contributed by atoms with Gasteiger partial charge in [0.25, 0.3) is 0 Å². The number of esters is 4. The SMILES string of the molecule is CCC(C)CCCCCCCCCCCCCCCCCCCCC(=O)O[C@H](COC(=O)CCCCCCCCCCCCCCCC(C)C)COP(=O)(O)OC[C@@H](O)COP(=O)(O)OC[C@@H](COC(=O)CCCCCCCCC(C)CC)OC(=O)CCCCCCCCCCCCCCCC(C)C. The van der Waals surface area contributed by atoms with E-state index in [0.717, 1.165) is 120 Å². The Hall–Kier alpha value is -1.94. The summed E-state index contributed by atoms with van der Waals surface area (Å²) >= 11 is 0. The summed E-state index contributed by atoms with van der Waals surface area (Å²) in [6.07, 6.45) is 62.5. The zero-order valence-corrected chi connectivity index (χ0v) is 70.5. The number of carbonyl (C=O) groups is 4. The lowest BCUT2D eigenvalue weighted by atomic mass is 9.99. The first-order valence-corrected chi connectivity index (χ1v) is 46.8. The molecular formula is C85H166O17P2. The number of phosphoric ester groups is 2. The number of unbranched alkanes of at least 4 members (excludes halogenated alkanes) is 46. The molecule has 0 radical (unpaired) electrons. The molecule has 7 atom stereocenters. The van der Waals surface area contributed by atoms with Gasteiger partial charge in [0, 0.05) is 25.7 Å². The standard InChI is InChI=1S/C85H166O17P2/c1-9-77(7)63-55-47-39-33-27-21-15-13-11-12-14-16-22-29-35-41-51-59-67-84(89)101-80(71-95-82(87)65-57-49-40-34-28-23-17-19-25-31-37-45-53-61-75(3)4)73-99-103(91,92)97-69-79(86)70-98-104(93,94)100-74-81(72-96-83(88)66-58-50-44-43-48-56-64-78(8)10-2)102-85(90)68-60-52-42-36-30-24-18-20-26-32-38-46-54-62-76(5)6/h75-81,86H,9-74H2,1-8H3,(H,91,92)(H,93,94)/t77?,78?,79-,80-,81-/m1/s1. The average Bonchev–Trinajstić information content (AvgIpc) is 0.903. The number of rotatable bonds is 82. The van der Waals surface area contributed by atoms with Gasteiger partial charge in [-0.3, -0.25) is 37.3 Å². The molecule has 17 nitrogen and oxygen atoms in total. The fourth-order valence-corrected chi connectivity index (χ4v) is 14.7. The lowest BCUT2D eigenvalue weighted by Crippen LogP contribution is -2.30. The zero-order valence-electron chi connectivity index (χ0n) is 68.7. The largest absolute Gasteiger partial charge is 0.472 e. The maximum absolute atomic E-state index is 13.1. The van der Waals surface area contributed by atoms with Crippen molar-refractivity contribution in [1.29, 1.82) is 0 Å². The first-order valence-electron chi connectivity index (χ1n) is 43.8. The molecule has 0 aliphatic rings. The number of carbonyl (C=O) groups excluding carboxylic acids is 4. The third kappa shape index (κ3) is 75.5. The lowest BCUT2D eigenvalue weighted by molar-refractivity contribution is -0.161. The van der Waals surface area contributed by atoms with Gasteiger partial charge in [0.15, 0.2) is 12.2 Å². The van der Waals surface area contributed by atoms with Crippen molar-refractivity contribution in [2.45, 2.75) is 459 Å². The van der Waals surface area contributed by atoms with Gasteiger partial charge in [-0.05, 0) is 49.4 Å². The molecule has 0 aliphatic carbocycles. The molecule has 0 aromatic rings. The molecule has 0 aromatic carbocycles. The van der Waals surface area contributed by atoms with Gasteiger partial charge in [0.05, 0.1) is 26.4 Å². The second-order valence-electron chi connectivity index (χ2n) is 32.0. The number of aliphatic hydroxyl groups excluding tert-OH is 1. The molecule has 4 unspecified atom stereocenters. The van der Waals surface area contributed by atoms with Gasteiger partial charge >= 0.3 is 39.5 Å². The fraction of sp³-hybridized carbons (Fsp3) is 0.953. The molecule has 0 aliphatic heterocycles. The molecule has 0 amide bonds. The van der Waals surface area contributed by atoms with Crippen LogP contribution in [0.15, 0.2) is 0 Å². The van der Waals surface area contributed by atoms with Gasteiger partial charge in [-0.15, -0.1) is 0 Å². The lowest BCUT2D eigenvalue weighted by Gasteiger charge is -2.21. The molecule has 19 heteroatoms. The molecule has 0 bridgehead atoms. The highest BCUT2D eigenvalue weighted by Gasteiger charge is 2.30. The number of hydrogen-bond donors (Lipinski definition) is 3. The molecule has 3 N–H and O–H groups in total. The molecule has 104 heavy (non-hydrogen) atoms. The van der Waals surface area contributed by atoms with Crippen LogP contribution in [0.2, 0.25) is 0 Å². The number of ether oxygens (including phenoxy) is 4. The Morgan fingerprint density at radius 3 is 0.683 bits per heavy atom. The third-order valence-corrected chi connectivity index (χ3v) is 22.4. The summed E-state index contributed by atoms with van der Waals surface area (Å²) in [5.74, 6) is 1.07. The summed E-state index contributed by atoms with van der Waals surface area (Å²) < 4.78 is 68.8. The van der Waals surface area contributed by atoms with Crippen LogP contribution in [0.25, 0.3) is 0 Å². The Labute approximate surface area is 638 Å².